The highest BCUT2D eigenvalue weighted by molar-refractivity contribution is 6.13. The minimum Gasteiger partial charge on any atom is -0.504 e. The van der Waals surface area contributed by atoms with Crippen LogP contribution in [0, 0.1) is 0 Å². The molecule has 3 aromatic carbocycles. The SMILES string of the molecule is COc1cc(/C=C/C(=O)CC(/C=C/c2ccc(O)c(OC)c2)=N/NC(=O)c2ccc(C(F)(F)F)cc2)ccc1O. The average molecular weight is 555 g/mol. The van der Waals surface area contributed by atoms with Crippen molar-refractivity contribution in [2.45, 2.75) is 12.6 Å². The molecule has 0 bridgehead atoms. The van der Waals surface area contributed by atoms with E-state index >= 15 is 0 Å². The number of halogens is 3. The zero-order valence-corrected chi connectivity index (χ0v) is 21.4. The van der Waals surface area contributed by atoms with E-state index in [2.05, 4.69) is 10.5 Å². The fourth-order valence-electron chi connectivity index (χ4n) is 3.35. The number of ether oxygens (including phenoxy) is 2. The molecule has 0 aliphatic rings. The molecule has 0 saturated heterocycles. The first-order valence-corrected chi connectivity index (χ1v) is 11.7. The zero-order chi connectivity index (χ0) is 29.3. The number of amides is 1. The van der Waals surface area contributed by atoms with Gasteiger partial charge in [0.05, 0.1) is 31.9 Å². The Morgan fingerprint density at radius 1 is 0.850 bits per heavy atom. The number of allylic oxidation sites excluding steroid dienone is 2. The predicted molar refractivity (Wildman–Crippen MR) is 143 cm³/mol. The van der Waals surface area contributed by atoms with Gasteiger partial charge in [-0.25, -0.2) is 5.43 Å². The number of aromatic hydroxyl groups is 2. The Balaban J connectivity index is 1.81. The molecule has 11 heteroatoms. The molecule has 0 spiro atoms. The van der Waals surface area contributed by atoms with Gasteiger partial charge in [0.2, 0.25) is 0 Å². The number of methoxy groups -OCH3 is 2. The molecule has 3 aromatic rings. The van der Waals surface area contributed by atoms with Gasteiger partial charge in [-0.3, -0.25) is 9.59 Å². The highest BCUT2D eigenvalue weighted by Gasteiger charge is 2.30. The number of alkyl halides is 3. The summed E-state index contributed by atoms with van der Waals surface area (Å²) in [4.78, 5) is 25.2. The molecule has 40 heavy (non-hydrogen) atoms. The molecule has 0 radical (unpaired) electrons. The van der Waals surface area contributed by atoms with E-state index in [1.165, 1.54) is 50.6 Å². The summed E-state index contributed by atoms with van der Waals surface area (Å²) < 4.78 is 48.6. The van der Waals surface area contributed by atoms with Gasteiger partial charge in [0.25, 0.3) is 5.91 Å². The number of benzene rings is 3. The minimum absolute atomic E-state index is 0.0554. The van der Waals surface area contributed by atoms with Crippen LogP contribution in [0.25, 0.3) is 12.2 Å². The number of ketones is 1. The van der Waals surface area contributed by atoms with Crippen LogP contribution in [0.4, 0.5) is 13.2 Å². The summed E-state index contributed by atoms with van der Waals surface area (Å²) in [6.07, 6.45) is 1.06. The van der Waals surface area contributed by atoms with Crippen LogP contribution < -0.4 is 14.9 Å². The topological polar surface area (TPSA) is 117 Å². The van der Waals surface area contributed by atoms with Crippen molar-refractivity contribution in [3.8, 4) is 23.0 Å². The van der Waals surface area contributed by atoms with Crippen LogP contribution in [-0.2, 0) is 11.0 Å². The lowest BCUT2D eigenvalue weighted by molar-refractivity contribution is -0.137. The Morgan fingerprint density at radius 3 is 1.88 bits per heavy atom. The molecule has 0 unspecified atom stereocenters. The van der Waals surface area contributed by atoms with E-state index in [0.29, 0.717) is 11.1 Å². The molecule has 3 rings (SSSR count). The zero-order valence-electron chi connectivity index (χ0n) is 21.4. The molecule has 1 amide bonds. The normalized spacial score (nSPS) is 12.1. The second kappa shape index (κ2) is 13.1. The molecule has 0 heterocycles. The number of phenols is 2. The third-order valence-corrected chi connectivity index (χ3v) is 5.47. The number of hydrogen-bond donors (Lipinski definition) is 3. The predicted octanol–water partition coefficient (Wildman–Crippen LogP) is 5.61. The number of carbonyl (C=O) groups excluding carboxylic acids is 2. The summed E-state index contributed by atoms with van der Waals surface area (Å²) in [6, 6.07) is 12.7. The first-order chi connectivity index (χ1) is 19.0. The molecule has 0 fully saturated rings. The lowest BCUT2D eigenvalue weighted by Gasteiger charge is -2.07. The van der Waals surface area contributed by atoms with Gasteiger partial charge in [0, 0.05) is 5.56 Å². The van der Waals surface area contributed by atoms with E-state index in [1.807, 2.05) is 0 Å². The van der Waals surface area contributed by atoms with Crippen LogP contribution in [0.15, 0.2) is 77.9 Å². The summed E-state index contributed by atoms with van der Waals surface area (Å²) in [6.45, 7) is 0. The molecular formula is C29H25F3N2O6. The van der Waals surface area contributed by atoms with Gasteiger partial charge in [-0.15, -0.1) is 0 Å². The van der Waals surface area contributed by atoms with Gasteiger partial charge in [-0.2, -0.15) is 18.3 Å². The maximum absolute atomic E-state index is 12.8. The van der Waals surface area contributed by atoms with E-state index in [1.54, 1.807) is 24.3 Å². The number of rotatable bonds is 10. The van der Waals surface area contributed by atoms with Gasteiger partial charge in [-0.1, -0.05) is 24.3 Å². The molecule has 208 valence electrons. The first kappa shape index (κ1) is 29.5. The third-order valence-electron chi connectivity index (χ3n) is 5.47. The lowest BCUT2D eigenvalue weighted by Crippen LogP contribution is -2.20. The van der Waals surface area contributed by atoms with Crippen LogP contribution in [-0.4, -0.2) is 41.8 Å². The molecule has 0 aliphatic carbocycles. The summed E-state index contributed by atoms with van der Waals surface area (Å²) >= 11 is 0. The molecule has 0 saturated carbocycles. The van der Waals surface area contributed by atoms with Gasteiger partial charge < -0.3 is 19.7 Å². The summed E-state index contributed by atoms with van der Waals surface area (Å²) in [7, 11) is 2.78. The van der Waals surface area contributed by atoms with Gasteiger partial charge in [0.1, 0.15) is 0 Å². The third kappa shape index (κ3) is 8.22. The van der Waals surface area contributed by atoms with Crippen molar-refractivity contribution in [2.24, 2.45) is 5.10 Å². The molecular weight excluding hydrogens is 529 g/mol. The van der Waals surface area contributed by atoms with E-state index in [-0.39, 0.29) is 46.5 Å². The maximum atomic E-state index is 12.8. The highest BCUT2D eigenvalue weighted by atomic mass is 19.4. The van der Waals surface area contributed by atoms with Crippen molar-refractivity contribution in [2.75, 3.05) is 14.2 Å². The number of hydrogen-bond acceptors (Lipinski definition) is 7. The van der Waals surface area contributed by atoms with Crippen molar-refractivity contribution < 1.29 is 42.4 Å². The minimum atomic E-state index is -4.54. The van der Waals surface area contributed by atoms with Gasteiger partial charge >= 0.3 is 6.18 Å². The average Bonchev–Trinajstić information content (AvgIpc) is 2.94. The van der Waals surface area contributed by atoms with Crippen molar-refractivity contribution in [1.29, 1.82) is 0 Å². The molecule has 3 N–H and O–H groups in total. The van der Waals surface area contributed by atoms with Crippen LogP contribution in [0.1, 0.15) is 33.5 Å². The lowest BCUT2D eigenvalue weighted by atomic mass is 10.1. The van der Waals surface area contributed by atoms with Crippen molar-refractivity contribution in [1.82, 2.24) is 5.43 Å². The fourth-order valence-corrected chi connectivity index (χ4v) is 3.35. The Kier molecular flexibility index (Phi) is 9.69. The monoisotopic (exact) mass is 554 g/mol. The number of carbonyl (C=O) groups is 2. The second-order valence-electron chi connectivity index (χ2n) is 8.29. The van der Waals surface area contributed by atoms with Crippen LogP contribution in [0.2, 0.25) is 0 Å². The number of phenolic OH excluding ortho intramolecular Hbond substituents is 2. The van der Waals surface area contributed by atoms with Crippen LogP contribution in [0.3, 0.4) is 0 Å². The van der Waals surface area contributed by atoms with Crippen molar-refractivity contribution in [3.63, 3.8) is 0 Å². The van der Waals surface area contributed by atoms with E-state index in [0.717, 1.165) is 24.3 Å². The Morgan fingerprint density at radius 2 is 1.38 bits per heavy atom. The largest absolute Gasteiger partial charge is 0.504 e. The standard InChI is InChI=1S/C29H25F3N2O6/c1-39-26-15-18(5-13-24(26)36)3-11-22(17-23(35)12-4-19-6-14-25(37)27(16-19)40-2)33-34-28(38)20-7-9-21(10-8-20)29(30,31)32/h3-16,36-37H,17H2,1-2H3,(H,34,38)/b11-3+,12-4+,33-22+. The Bertz CT molecular complexity index is 1460. The molecule has 8 nitrogen and oxygen atoms in total. The summed E-state index contributed by atoms with van der Waals surface area (Å²) in [5.41, 5.74) is 2.61. The van der Waals surface area contributed by atoms with Crippen LogP contribution in [0.5, 0.6) is 23.0 Å². The number of nitrogens with zero attached hydrogens (tertiary/aromatic N) is 1. The van der Waals surface area contributed by atoms with Gasteiger partial charge in [0.15, 0.2) is 28.8 Å². The fraction of sp³-hybridized carbons (Fsp3) is 0.138. The summed E-state index contributed by atoms with van der Waals surface area (Å²) in [5, 5.41) is 23.5. The molecule has 0 aliphatic heterocycles. The quantitative estimate of drug-likeness (QED) is 0.171. The van der Waals surface area contributed by atoms with E-state index < -0.39 is 17.6 Å². The smallest absolute Gasteiger partial charge is 0.416 e. The molecule has 0 atom stereocenters. The maximum Gasteiger partial charge on any atom is 0.416 e. The van der Waals surface area contributed by atoms with Gasteiger partial charge in [-0.05, 0) is 71.8 Å². The first-order valence-electron chi connectivity index (χ1n) is 11.7. The Labute approximate surface area is 227 Å². The summed E-state index contributed by atoms with van der Waals surface area (Å²) in [5.74, 6) is -0.828. The highest BCUT2D eigenvalue weighted by Crippen LogP contribution is 2.29. The second-order valence-corrected chi connectivity index (χ2v) is 8.29. The van der Waals surface area contributed by atoms with Crippen molar-refractivity contribution in [3.05, 3.63) is 95.1 Å². The van der Waals surface area contributed by atoms with Crippen molar-refractivity contribution >= 4 is 29.6 Å². The van der Waals surface area contributed by atoms with Crippen LogP contribution >= 0.6 is 0 Å². The molecule has 0 aromatic heterocycles. The van der Waals surface area contributed by atoms with E-state index in [9.17, 15) is 33.0 Å². The number of hydrazone groups is 1. The Hall–Kier alpha value is -5.06. The van der Waals surface area contributed by atoms with E-state index in [4.69, 9.17) is 9.47 Å². The number of nitrogens with one attached hydrogen (secondary N) is 1.